The van der Waals surface area contributed by atoms with Crippen LogP contribution >= 0.6 is 11.3 Å². The van der Waals surface area contributed by atoms with E-state index in [-0.39, 0.29) is 22.8 Å². The second-order valence-electron chi connectivity index (χ2n) is 4.33. The number of nitro groups is 1. The first-order chi connectivity index (χ1) is 9.81. The van der Waals surface area contributed by atoms with E-state index in [0.29, 0.717) is 0 Å². The van der Waals surface area contributed by atoms with Crippen LogP contribution in [-0.2, 0) is 16.6 Å². The number of hydrogen-bond donors (Lipinski definition) is 2. The Morgan fingerprint density at radius 1 is 1.38 bits per heavy atom. The summed E-state index contributed by atoms with van der Waals surface area (Å²) in [6, 6.07) is 5.18. The molecule has 0 aliphatic carbocycles. The summed E-state index contributed by atoms with van der Waals surface area (Å²) in [5.74, 6) is 0. The highest BCUT2D eigenvalue weighted by atomic mass is 32.2. The van der Waals surface area contributed by atoms with Crippen LogP contribution in [0.5, 0.6) is 0 Å². The zero-order valence-corrected chi connectivity index (χ0v) is 12.7. The Hall–Kier alpha value is -1.97. The van der Waals surface area contributed by atoms with Crippen molar-refractivity contribution in [2.45, 2.75) is 18.4 Å². The maximum Gasteiger partial charge on any atom is 0.271 e. The third-order valence-corrected chi connectivity index (χ3v) is 5.38. The Bertz CT molecular complexity index is 784. The molecule has 0 unspecified atom stereocenters. The lowest BCUT2D eigenvalue weighted by Gasteiger charge is -2.08. The summed E-state index contributed by atoms with van der Waals surface area (Å²) in [5, 5.41) is 12.5. The molecule has 1 aromatic carbocycles. The van der Waals surface area contributed by atoms with E-state index in [4.69, 9.17) is 5.73 Å². The fourth-order valence-corrected chi connectivity index (χ4v) is 3.76. The molecule has 0 amide bonds. The molecule has 2 rings (SSSR count). The van der Waals surface area contributed by atoms with Gasteiger partial charge in [0.25, 0.3) is 5.69 Å². The highest BCUT2D eigenvalue weighted by Crippen LogP contribution is 2.24. The molecule has 7 nitrogen and oxygen atoms in total. The minimum Gasteiger partial charge on any atom is -0.397 e. The lowest BCUT2D eigenvalue weighted by atomic mass is 10.3. The molecule has 112 valence electrons. The van der Waals surface area contributed by atoms with Crippen molar-refractivity contribution in [3.63, 3.8) is 0 Å². The topological polar surface area (TPSA) is 115 Å². The molecule has 0 atom stereocenters. The fourth-order valence-electron chi connectivity index (χ4n) is 1.72. The van der Waals surface area contributed by atoms with Crippen molar-refractivity contribution in [1.29, 1.82) is 0 Å². The molecule has 3 N–H and O–H groups in total. The first-order valence-electron chi connectivity index (χ1n) is 5.88. The largest absolute Gasteiger partial charge is 0.397 e. The zero-order chi connectivity index (χ0) is 15.6. The molecule has 0 radical (unpaired) electrons. The summed E-state index contributed by atoms with van der Waals surface area (Å²) < 4.78 is 26.8. The highest BCUT2D eigenvalue weighted by molar-refractivity contribution is 7.89. The van der Waals surface area contributed by atoms with Gasteiger partial charge in [0, 0.05) is 23.6 Å². The van der Waals surface area contributed by atoms with Crippen LogP contribution < -0.4 is 10.5 Å². The maximum atomic E-state index is 12.2. The normalized spacial score (nSPS) is 11.5. The number of nitrogens with two attached hydrogens (primary N) is 1. The molecule has 0 fully saturated rings. The Kier molecular flexibility index (Phi) is 4.26. The van der Waals surface area contributed by atoms with Gasteiger partial charge in [0.2, 0.25) is 10.0 Å². The van der Waals surface area contributed by atoms with Crippen molar-refractivity contribution in [2.24, 2.45) is 0 Å². The first kappa shape index (κ1) is 15.4. The Labute approximate surface area is 125 Å². The molecule has 0 saturated heterocycles. The van der Waals surface area contributed by atoms with Crippen LogP contribution in [0, 0.1) is 17.0 Å². The van der Waals surface area contributed by atoms with Crippen LogP contribution in [0.25, 0.3) is 0 Å². The van der Waals surface area contributed by atoms with Crippen LogP contribution in [0.1, 0.15) is 10.4 Å². The van der Waals surface area contributed by atoms with E-state index in [1.54, 1.807) is 0 Å². The summed E-state index contributed by atoms with van der Waals surface area (Å²) in [6.07, 6.45) is 0. The van der Waals surface area contributed by atoms with Gasteiger partial charge in [-0.05, 0) is 30.0 Å². The van der Waals surface area contributed by atoms with Crippen molar-refractivity contribution >= 4 is 32.7 Å². The third-order valence-electron chi connectivity index (χ3n) is 2.88. The Morgan fingerprint density at radius 3 is 2.62 bits per heavy atom. The van der Waals surface area contributed by atoms with Gasteiger partial charge in [-0.3, -0.25) is 10.1 Å². The number of hydrogen-bond acceptors (Lipinski definition) is 6. The quantitative estimate of drug-likeness (QED) is 0.495. The van der Waals surface area contributed by atoms with Crippen LogP contribution in [0.4, 0.5) is 11.4 Å². The number of non-ortho nitro benzene ring substituents is 1. The number of anilines is 1. The van der Waals surface area contributed by atoms with E-state index in [1.807, 2.05) is 18.4 Å². The molecule has 0 aliphatic heterocycles. The summed E-state index contributed by atoms with van der Waals surface area (Å²) in [7, 11) is -3.82. The van der Waals surface area contributed by atoms with Crippen LogP contribution in [0.15, 0.2) is 34.5 Å². The first-order valence-corrected chi connectivity index (χ1v) is 8.24. The van der Waals surface area contributed by atoms with Crippen molar-refractivity contribution in [1.82, 2.24) is 4.72 Å². The van der Waals surface area contributed by atoms with Crippen LogP contribution in [0.2, 0.25) is 0 Å². The van der Waals surface area contributed by atoms with Gasteiger partial charge in [-0.15, -0.1) is 11.3 Å². The standard InChI is InChI=1S/C12H13N3O4S2/c1-8-4-5-20-11(8)7-14-21(18,19)12-3-2-9(15(16)17)6-10(12)13/h2-6,14H,7,13H2,1H3. The van der Waals surface area contributed by atoms with Gasteiger partial charge in [-0.2, -0.15) is 0 Å². The van der Waals surface area contributed by atoms with Gasteiger partial charge >= 0.3 is 0 Å². The molecule has 1 aromatic heterocycles. The number of rotatable bonds is 5. The average Bonchev–Trinajstić information content (AvgIpc) is 2.81. The number of nitrogen functional groups attached to an aromatic ring is 1. The number of nitrogens with zero attached hydrogens (tertiary/aromatic N) is 1. The minimum atomic E-state index is -3.82. The van der Waals surface area contributed by atoms with Crippen molar-refractivity contribution in [2.75, 3.05) is 5.73 Å². The smallest absolute Gasteiger partial charge is 0.271 e. The average molecular weight is 327 g/mol. The second kappa shape index (κ2) is 5.80. The van der Waals surface area contributed by atoms with E-state index < -0.39 is 14.9 Å². The summed E-state index contributed by atoms with van der Waals surface area (Å²) in [4.78, 5) is 10.7. The van der Waals surface area contributed by atoms with E-state index >= 15 is 0 Å². The van der Waals surface area contributed by atoms with Gasteiger partial charge in [-0.25, -0.2) is 13.1 Å². The lowest BCUT2D eigenvalue weighted by Crippen LogP contribution is -2.24. The summed E-state index contributed by atoms with van der Waals surface area (Å²) >= 11 is 1.45. The predicted octanol–water partition coefficient (Wildman–Crippen LogP) is 2.03. The number of benzene rings is 1. The number of aryl methyl sites for hydroxylation is 1. The molecule has 0 spiro atoms. The number of nitro benzene ring substituents is 1. The molecule has 21 heavy (non-hydrogen) atoms. The second-order valence-corrected chi connectivity index (χ2v) is 7.07. The Morgan fingerprint density at radius 2 is 2.10 bits per heavy atom. The highest BCUT2D eigenvalue weighted by Gasteiger charge is 2.20. The SMILES string of the molecule is Cc1ccsc1CNS(=O)(=O)c1ccc([N+](=O)[O-])cc1N. The van der Waals surface area contributed by atoms with Gasteiger partial charge in [0.05, 0.1) is 10.6 Å². The van der Waals surface area contributed by atoms with Crippen LogP contribution in [-0.4, -0.2) is 13.3 Å². The minimum absolute atomic E-state index is 0.153. The molecule has 0 bridgehead atoms. The van der Waals surface area contributed by atoms with Gasteiger partial charge < -0.3 is 5.73 Å². The van der Waals surface area contributed by atoms with Gasteiger partial charge in [-0.1, -0.05) is 0 Å². The van der Waals surface area contributed by atoms with Gasteiger partial charge in [0.15, 0.2) is 0 Å². The van der Waals surface area contributed by atoms with E-state index in [0.717, 1.165) is 28.6 Å². The third kappa shape index (κ3) is 3.38. The zero-order valence-electron chi connectivity index (χ0n) is 11.1. The van der Waals surface area contributed by atoms with Crippen molar-refractivity contribution in [3.8, 4) is 0 Å². The molecule has 1 heterocycles. The van der Waals surface area contributed by atoms with Crippen molar-refractivity contribution < 1.29 is 13.3 Å². The molecular formula is C12H13N3O4S2. The number of nitrogens with one attached hydrogen (secondary N) is 1. The molecular weight excluding hydrogens is 314 g/mol. The number of thiophene rings is 1. The monoisotopic (exact) mass is 327 g/mol. The molecule has 9 heteroatoms. The van der Waals surface area contributed by atoms with E-state index in [9.17, 15) is 18.5 Å². The fraction of sp³-hybridized carbons (Fsp3) is 0.167. The molecule has 0 aliphatic rings. The van der Waals surface area contributed by atoms with E-state index in [2.05, 4.69) is 4.72 Å². The summed E-state index contributed by atoms with van der Waals surface area (Å²) in [6.45, 7) is 2.04. The van der Waals surface area contributed by atoms with Crippen LogP contribution in [0.3, 0.4) is 0 Å². The molecule has 2 aromatic rings. The Balaban J connectivity index is 2.23. The lowest BCUT2D eigenvalue weighted by molar-refractivity contribution is -0.384. The maximum absolute atomic E-state index is 12.2. The predicted molar refractivity (Wildman–Crippen MR) is 80.6 cm³/mol. The van der Waals surface area contributed by atoms with E-state index in [1.165, 1.54) is 11.3 Å². The summed E-state index contributed by atoms with van der Waals surface area (Å²) in [5.41, 5.74) is 6.20. The number of sulfonamides is 1. The van der Waals surface area contributed by atoms with Gasteiger partial charge in [0.1, 0.15) is 4.90 Å². The molecule has 0 saturated carbocycles. The van der Waals surface area contributed by atoms with Crippen molar-refractivity contribution in [3.05, 3.63) is 50.2 Å².